The van der Waals surface area contributed by atoms with Gasteiger partial charge in [-0.05, 0) is 20.8 Å². The van der Waals surface area contributed by atoms with E-state index in [-0.39, 0.29) is 32.0 Å². The predicted molar refractivity (Wildman–Crippen MR) is 69.9 cm³/mol. The smallest absolute Gasteiger partial charge is 0.410 e. The highest BCUT2D eigenvalue weighted by Gasteiger charge is 2.43. The number of amides is 2. The van der Waals surface area contributed by atoms with E-state index in [1.54, 1.807) is 20.8 Å². The van der Waals surface area contributed by atoms with E-state index in [0.717, 1.165) is 0 Å². The fourth-order valence-electron chi connectivity index (χ4n) is 2.58. The molecule has 3 atom stereocenters. The van der Waals surface area contributed by atoms with Crippen molar-refractivity contribution in [2.24, 2.45) is 0 Å². The number of carbonyl (C=O) groups is 2. The van der Waals surface area contributed by atoms with Gasteiger partial charge < -0.3 is 24.7 Å². The molecule has 0 spiro atoms. The zero-order valence-corrected chi connectivity index (χ0v) is 12.1. The Labute approximate surface area is 118 Å². The second-order valence-corrected chi connectivity index (χ2v) is 6.42. The number of hydrogen-bond donors (Lipinski definition) is 2. The normalized spacial score (nSPS) is 31.1. The predicted octanol–water partition coefficient (Wildman–Crippen LogP) is -0.440. The van der Waals surface area contributed by atoms with Crippen molar-refractivity contribution in [1.29, 1.82) is 0 Å². The van der Waals surface area contributed by atoms with Crippen LogP contribution < -0.4 is 0 Å². The Hall–Kier alpha value is -1.34. The minimum atomic E-state index is -0.809. The van der Waals surface area contributed by atoms with E-state index in [9.17, 15) is 19.8 Å². The summed E-state index contributed by atoms with van der Waals surface area (Å²) in [5.74, 6) is -0.187. The highest BCUT2D eigenvalue weighted by molar-refractivity contribution is 5.79. The van der Waals surface area contributed by atoms with Crippen LogP contribution in [0.1, 0.15) is 27.2 Å². The average molecular weight is 286 g/mol. The quantitative estimate of drug-likeness (QED) is 0.682. The van der Waals surface area contributed by atoms with Gasteiger partial charge in [-0.15, -0.1) is 0 Å². The molecule has 2 N–H and O–H groups in total. The van der Waals surface area contributed by atoms with Crippen LogP contribution in [0.15, 0.2) is 0 Å². The van der Waals surface area contributed by atoms with Gasteiger partial charge in [-0.1, -0.05) is 0 Å². The summed E-state index contributed by atoms with van der Waals surface area (Å²) >= 11 is 0. The Morgan fingerprint density at radius 1 is 1.25 bits per heavy atom. The van der Waals surface area contributed by atoms with E-state index in [1.165, 1.54) is 9.80 Å². The molecule has 2 heterocycles. The van der Waals surface area contributed by atoms with Gasteiger partial charge in [0.1, 0.15) is 5.60 Å². The maximum Gasteiger partial charge on any atom is 0.410 e. The molecule has 0 aromatic heterocycles. The molecule has 0 radical (unpaired) electrons. The van der Waals surface area contributed by atoms with Crippen molar-refractivity contribution in [3.63, 3.8) is 0 Å². The van der Waals surface area contributed by atoms with Crippen LogP contribution in [0.5, 0.6) is 0 Å². The Morgan fingerprint density at radius 3 is 2.40 bits per heavy atom. The van der Waals surface area contributed by atoms with Crippen LogP contribution in [0.25, 0.3) is 0 Å². The minimum Gasteiger partial charge on any atom is -0.444 e. The fourth-order valence-corrected chi connectivity index (χ4v) is 2.58. The maximum absolute atomic E-state index is 12.0. The summed E-state index contributed by atoms with van der Waals surface area (Å²) in [6.07, 6.45) is -1.91. The molecule has 2 amide bonds. The number of likely N-dealkylation sites (tertiary alicyclic amines) is 2. The molecule has 2 aliphatic rings. The van der Waals surface area contributed by atoms with Crippen molar-refractivity contribution < 1.29 is 24.5 Å². The molecule has 7 heteroatoms. The fraction of sp³-hybridized carbons (Fsp3) is 0.846. The number of rotatable bonds is 1. The lowest BCUT2D eigenvalue weighted by atomic mass is 10.2. The Kier molecular flexibility index (Phi) is 3.93. The van der Waals surface area contributed by atoms with E-state index < -0.39 is 29.9 Å². The molecule has 2 fully saturated rings. The average Bonchev–Trinajstić information content (AvgIpc) is 2.79. The summed E-state index contributed by atoms with van der Waals surface area (Å²) in [6.45, 7) is 5.90. The van der Waals surface area contributed by atoms with E-state index >= 15 is 0 Å². The topological polar surface area (TPSA) is 90.3 Å². The van der Waals surface area contributed by atoms with Gasteiger partial charge in [-0.3, -0.25) is 4.79 Å². The third-order valence-corrected chi connectivity index (χ3v) is 3.45. The van der Waals surface area contributed by atoms with Crippen molar-refractivity contribution in [3.8, 4) is 0 Å². The molecule has 2 aliphatic heterocycles. The Balaban J connectivity index is 1.99. The third kappa shape index (κ3) is 3.21. The minimum absolute atomic E-state index is 0.0790. The molecular formula is C13H22N2O5. The molecule has 20 heavy (non-hydrogen) atoms. The van der Waals surface area contributed by atoms with Crippen LogP contribution in [0, 0.1) is 0 Å². The Morgan fingerprint density at radius 2 is 1.90 bits per heavy atom. The maximum atomic E-state index is 12.0. The number of nitrogens with zero attached hydrogens (tertiary/aromatic N) is 2. The summed E-state index contributed by atoms with van der Waals surface area (Å²) in [6, 6.07) is -0.466. The molecule has 0 aromatic carbocycles. The first-order chi connectivity index (χ1) is 9.17. The van der Waals surface area contributed by atoms with E-state index in [1.807, 2.05) is 0 Å². The third-order valence-electron chi connectivity index (χ3n) is 3.45. The molecule has 7 nitrogen and oxygen atoms in total. The molecule has 2 saturated heterocycles. The van der Waals surface area contributed by atoms with Gasteiger partial charge in [-0.25, -0.2) is 4.79 Å². The van der Waals surface area contributed by atoms with Gasteiger partial charge in [0.05, 0.1) is 31.2 Å². The first-order valence-corrected chi connectivity index (χ1v) is 6.81. The summed E-state index contributed by atoms with van der Waals surface area (Å²) in [5.41, 5.74) is -0.597. The summed E-state index contributed by atoms with van der Waals surface area (Å²) in [7, 11) is 0. The van der Waals surface area contributed by atoms with Crippen LogP contribution in [-0.4, -0.2) is 75.5 Å². The molecule has 0 bridgehead atoms. The second kappa shape index (κ2) is 5.21. The van der Waals surface area contributed by atoms with Gasteiger partial charge in [0.15, 0.2) is 0 Å². The highest BCUT2D eigenvalue weighted by Crippen LogP contribution is 2.23. The van der Waals surface area contributed by atoms with Gasteiger partial charge >= 0.3 is 6.09 Å². The molecule has 0 aliphatic carbocycles. The molecule has 0 saturated carbocycles. The lowest BCUT2D eigenvalue weighted by Gasteiger charge is -2.26. The summed E-state index contributed by atoms with van der Waals surface area (Å²) < 4.78 is 5.25. The van der Waals surface area contributed by atoms with Crippen LogP contribution in [0.4, 0.5) is 4.79 Å². The van der Waals surface area contributed by atoms with E-state index in [0.29, 0.717) is 0 Å². The van der Waals surface area contributed by atoms with Crippen LogP contribution in [-0.2, 0) is 9.53 Å². The largest absolute Gasteiger partial charge is 0.444 e. The summed E-state index contributed by atoms with van der Waals surface area (Å²) in [5, 5.41) is 19.5. The van der Waals surface area contributed by atoms with E-state index in [4.69, 9.17) is 4.74 Å². The molecule has 0 aromatic rings. The number of ether oxygens (including phenoxy) is 1. The van der Waals surface area contributed by atoms with E-state index in [2.05, 4.69) is 0 Å². The highest BCUT2D eigenvalue weighted by atomic mass is 16.6. The number of carbonyl (C=O) groups excluding carboxylic acids is 2. The molecular weight excluding hydrogens is 264 g/mol. The van der Waals surface area contributed by atoms with Crippen molar-refractivity contribution in [2.45, 2.75) is 51.0 Å². The zero-order valence-electron chi connectivity index (χ0n) is 12.1. The van der Waals surface area contributed by atoms with Gasteiger partial charge in [0, 0.05) is 13.1 Å². The molecule has 2 rings (SSSR count). The number of aliphatic hydroxyl groups excluding tert-OH is 2. The summed E-state index contributed by atoms with van der Waals surface area (Å²) in [4.78, 5) is 26.6. The molecule has 114 valence electrons. The van der Waals surface area contributed by atoms with Crippen molar-refractivity contribution in [2.75, 3.05) is 19.6 Å². The zero-order chi connectivity index (χ0) is 15.1. The van der Waals surface area contributed by atoms with Crippen molar-refractivity contribution in [3.05, 3.63) is 0 Å². The lowest BCUT2D eigenvalue weighted by Crippen LogP contribution is -2.44. The number of aliphatic hydroxyl groups is 2. The van der Waals surface area contributed by atoms with Gasteiger partial charge in [0.25, 0.3) is 0 Å². The van der Waals surface area contributed by atoms with Crippen molar-refractivity contribution >= 4 is 12.0 Å². The van der Waals surface area contributed by atoms with Crippen LogP contribution >= 0.6 is 0 Å². The van der Waals surface area contributed by atoms with Gasteiger partial charge in [0.2, 0.25) is 5.91 Å². The van der Waals surface area contributed by atoms with Gasteiger partial charge in [-0.2, -0.15) is 0 Å². The SMILES string of the molecule is CC(C)(C)OC(=O)N1CC(O)C(N2CC(O)CC2=O)C1. The lowest BCUT2D eigenvalue weighted by molar-refractivity contribution is -0.131. The first kappa shape index (κ1) is 15.1. The monoisotopic (exact) mass is 286 g/mol. The number of β-amino-alcohol motifs (C(OH)–C–C–N with tert-alkyl or cyclic N) is 2. The number of hydrogen-bond acceptors (Lipinski definition) is 5. The Bertz CT molecular complexity index is 406. The second-order valence-electron chi connectivity index (χ2n) is 6.42. The van der Waals surface area contributed by atoms with Crippen LogP contribution in [0.2, 0.25) is 0 Å². The first-order valence-electron chi connectivity index (χ1n) is 6.81. The standard InChI is InChI=1S/C13H22N2O5/c1-13(2,3)20-12(19)14-6-9(10(17)7-14)15-5-8(16)4-11(15)18/h8-10,16-17H,4-7H2,1-3H3. The molecule has 3 unspecified atom stereocenters. The van der Waals surface area contributed by atoms with Crippen LogP contribution in [0.3, 0.4) is 0 Å². The van der Waals surface area contributed by atoms with Crippen molar-refractivity contribution in [1.82, 2.24) is 9.80 Å².